The van der Waals surface area contributed by atoms with Gasteiger partial charge in [-0.2, -0.15) is 13.2 Å². The SMILES string of the molecule is C[C@@H](O)[C@@H]1C[C@@H]1c1ccc(C(F)(F)F)cc1. The van der Waals surface area contributed by atoms with E-state index < -0.39 is 11.7 Å². The maximum atomic E-state index is 12.3. The predicted octanol–water partition coefficient (Wildman–Crippen LogP) is 3.19. The molecule has 0 radical (unpaired) electrons. The fourth-order valence-electron chi connectivity index (χ4n) is 2.05. The Morgan fingerprint density at radius 3 is 2.19 bits per heavy atom. The summed E-state index contributed by atoms with van der Waals surface area (Å²) in [5, 5.41) is 9.33. The van der Waals surface area contributed by atoms with E-state index in [0.29, 0.717) is 0 Å². The number of rotatable bonds is 2. The molecule has 0 aliphatic heterocycles. The zero-order chi connectivity index (χ0) is 11.9. The van der Waals surface area contributed by atoms with Crippen molar-refractivity contribution in [1.29, 1.82) is 0 Å². The van der Waals surface area contributed by atoms with Crippen molar-refractivity contribution in [2.24, 2.45) is 5.92 Å². The second kappa shape index (κ2) is 3.77. The molecule has 88 valence electrons. The highest BCUT2D eigenvalue weighted by molar-refractivity contribution is 5.31. The number of benzene rings is 1. The van der Waals surface area contributed by atoms with Gasteiger partial charge in [0.25, 0.3) is 0 Å². The van der Waals surface area contributed by atoms with E-state index in [1.54, 1.807) is 6.92 Å². The summed E-state index contributed by atoms with van der Waals surface area (Å²) in [5.41, 5.74) is 0.268. The molecule has 1 aliphatic rings. The second-order valence-corrected chi connectivity index (χ2v) is 4.37. The molecule has 1 N–H and O–H groups in total. The van der Waals surface area contributed by atoms with Crippen molar-refractivity contribution in [1.82, 2.24) is 0 Å². The molecule has 0 aromatic heterocycles. The van der Waals surface area contributed by atoms with E-state index >= 15 is 0 Å². The summed E-state index contributed by atoms with van der Waals surface area (Å²) in [6.45, 7) is 1.72. The van der Waals surface area contributed by atoms with Gasteiger partial charge in [0.1, 0.15) is 0 Å². The smallest absolute Gasteiger partial charge is 0.393 e. The van der Waals surface area contributed by atoms with Gasteiger partial charge < -0.3 is 5.11 Å². The Kier molecular flexibility index (Phi) is 2.70. The highest BCUT2D eigenvalue weighted by atomic mass is 19.4. The van der Waals surface area contributed by atoms with Crippen LogP contribution in [0, 0.1) is 5.92 Å². The number of hydrogen-bond acceptors (Lipinski definition) is 1. The number of aliphatic hydroxyl groups excluding tert-OH is 1. The van der Waals surface area contributed by atoms with Crippen LogP contribution in [0.2, 0.25) is 0 Å². The molecule has 0 spiro atoms. The lowest BCUT2D eigenvalue weighted by molar-refractivity contribution is -0.137. The van der Waals surface area contributed by atoms with E-state index in [4.69, 9.17) is 0 Å². The average Bonchev–Trinajstić information content (AvgIpc) is 2.96. The van der Waals surface area contributed by atoms with Crippen LogP contribution in [0.1, 0.15) is 30.4 Å². The van der Waals surface area contributed by atoms with Crippen LogP contribution in [0.15, 0.2) is 24.3 Å². The van der Waals surface area contributed by atoms with E-state index in [1.807, 2.05) is 0 Å². The van der Waals surface area contributed by atoms with Crippen molar-refractivity contribution in [2.75, 3.05) is 0 Å². The minimum Gasteiger partial charge on any atom is -0.393 e. The number of aliphatic hydroxyl groups is 1. The van der Waals surface area contributed by atoms with Crippen LogP contribution in [-0.2, 0) is 6.18 Å². The van der Waals surface area contributed by atoms with Crippen LogP contribution < -0.4 is 0 Å². The molecule has 0 heterocycles. The molecular formula is C12H13F3O. The molecule has 1 nitrogen and oxygen atoms in total. The summed E-state index contributed by atoms with van der Waals surface area (Å²) in [4.78, 5) is 0. The van der Waals surface area contributed by atoms with Crippen molar-refractivity contribution in [3.05, 3.63) is 35.4 Å². The first-order chi connectivity index (χ1) is 7.39. The number of alkyl halides is 3. The van der Waals surface area contributed by atoms with Gasteiger partial charge in [0.2, 0.25) is 0 Å². The molecule has 3 atom stereocenters. The van der Waals surface area contributed by atoms with Gasteiger partial charge >= 0.3 is 6.18 Å². The second-order valence-electron chi connectivity index (χ2n) is 4.37. The van der Waals surface area contributed by atoms with E-state index in [-0.39, 0.29) is 17.9 Å². The van der Waals surface area contributed by atoms with Crippen LogP contribution in [0.4, 0.5) is 13.2 Å². The van der Waals surface area contributed by atoms with Gasteiger partial charge in [-0.1, -0.05) is 12.1 Å². The molecule has 4 heteroatoms. The predicted molar refractivity (Wildman–Crippen MR) is 54.0 cm³/mol. The maximum absolute atomic E-state index is 12.3. The van der Waals surface area contributed by atoms with Gasteiger partial charge in [0.05, 0.1) is 11.7 Å². The summed E-state index contributed by atoms with van der Waals surface area (Å²) in [7, 11) is 0. The summed E-state index contributed by atoms with van der Waals surface area (Å²) in [6.07, 6.45) is -3.79. The van der Waals surface area contributed by atoms with Crippen LogP contribution in [0.25, 0.3) is 0 Å². The van der Waals surface area contributed by atoms with E-state index in [2.05, 4.69) is 0 Å². The molecule has 0 unspecified atom stereocenters. The molecule has 1 aromatic carbocycles. The third-order valence-electron chi connectivity index (χ3n) is 3.13. The average molecular weight is 230 g/mol. The van der Waals surface area contributed by atoms with Gasteiger partial charge in [-0.25, -0.2) is 0 Å². The minimum atomic E-state index is -4.27. The van der Waals surface area contributed by atoms with Crippen molar-refractivity contribution < 1.29 is 18.3 Å². The largest absolute Gasteiger partial charge is 0.416 e. The first kappa shape index (κ1) is 11.5. The lowest BCUT2D eigenvalue weighted by atomic mass is 10.1. The standard InChI is InChI=1S/C12H13F3O/c1-7(16)10-6-11(10)8-2-4-9(5-3-8)12(13,14)15/h2-5,7,10-11,16H,6H2,1H3/t7-,10+,11-/m1/s1. The molecule has 2 rings (SSSR count). The van der Waals surface area contributed by atoms with Crippen LogP contribution in [0.3, 0.4) is 0 Å². The van der Waals surface area contributed by atoms with Crippen molar-refractivity contribution in [3.8, 4) is 0 Å². The molecule has 16 heavy (non-hydrogen) atoms. The molecule has 1 fully saturated rings. The Morgan fingerprint density at radius 1 is 1.25 bits per heavy atom. The molecule has 0 saturated heterocycles. The lowest BCUT2D eigenvalue weighted by Crippen LogP contribution is -2.05. The van der Waals surface area contributed by atoms with E-state index in [1.165, 1.54) is 12.1 Å². The van der Waals surface area contributed by atoms with Gasteiger partial charge in [-0.3, -0.25) is 0 Å². The highest BCUT2D eigenvalue weighted by Gasteiger charge is 2.41. The topological polar surface area (TPSA) is 20.2 Å². The van der Waals surface area contributed by atoms with Crippen molar-refractivity contribution >= 4 is 0 Å². The van der Waals surface area contributed by atoms with Crippen LogP contribution in [-0.4, -0.2) is 11.2 Å². The Balaban J connectivity index is 2.10. The molecule has 0 bridgehead atoms. The maximum Gasteiger partial charge on any atom is 0.416 e. The zero-order valence-electron chi connectivity index (χ0n) is 8.83. The summed E-state index contributed by atoms with van der Waals surface area (Å²) >= 11 is 0. The Labute approximate surface area is 91.9 Å². The quantitative estimate of drug-likeness (QED) is 0.827. The fraction of sp³-hybridized carbons (Fsp3) is 0.500. The third-order valence-corrected chi connectivity index (χ3v) is 3.13. The Hall–Kier alpha value is -1.03. The first-order valence-electron chi connectivity index (χ1n) is 5.25. The minimum absolute atomic E-state index is 0.205. The third kappa shape index (κ3) is 2.21. The molecular weight excluding hydrogens is 217 g/mol. The van der Waals surface area contributed by atoms with Gasteiger partial charge in [0, 0.05) is 0 Å². The van der Waals surface area contributed by atoms with Gasteiger partial charge in [-0.05, 0) is 42.9 Å². The van der Waals surface area contributed by atoms with Crippen molar-refractivity contribution in [2.45, 2.75) is 31.5 Å². The lowest BCUT2D eigenvalue weighted by Gasteiger charge is -2.08. The van der Waals surface area contributed by atoms with Crippen LogP contribution >= 0.6 is 0 Å². The Bertz CT molecular complexity index is 367. The summed E-state index contributed by atoms with van der Waals surface area (Å²) in [6, 6.07) is 5.23. The summed E-state index contributed by atoms with van der Waals surface area (Å²) < 4.78 is 36.9. The molecule has 0 amide bonds. The normalized spacial score (nSPS) is 26.6. The Morgan fingerprint density at radius 2 is 1.81 bits per heavy atom. The fourth-order valence-corrected chi connectivity index (χ4v) is 2.05. The van der Waals surface area contributed by atoms with E-state index in [9.17, 15) is 18.3 Å². The number of halogens is 3. The highest BCUT2D eigenvalue weighted by Crippen LogP contribution is 2.49. The summed E-state index contributed by atoms with van der Waals surface area (Å²) in [5.74, 6) is 0.430. The first-order valence-corrected chi connectivity index (χ1v) is 5.25. The van der Waals surface area contributed by atoms with Crippen LogP contribution in [0.5, 0.6) is 0 Å². The number of hydrogen-bond donors (Lipinski definition) is 1. The monoisotopic (exact) mass is 230 g/mol. The van der Waals surface area contributed by atoms with E-state index in [0.717, 1.165) is 24.1 Å². The molecule has 1 aliphatic carbocycles. The molecule has 1 aromatic rings. The molecule has 1 saturated carbocycles. The van der Waals surface area contributed by atoms with Gasteiger partial charge in [0.15, 0.2) is 0 Å². The van der Waals surface area contributed by atoms with Gasteiger partial charge in [-0.15, -0.1) is 0 Å². The van der Waals surface area contributed by atoms with Crippen molar-refractivity contribution in [3.63, 3.8) is 0 Å². The zero-order valence-corrected chi connectivity index (χ0v) is 8.83.